The Balaban J connectivity index is 1.39. The first-order chi connectivity index (χ1) is 16.6. The van der Waals surface area contributed by atoms with E-state index in [1.165, 1.54) is 11.9 Å². The number of nitrogens with one attached hydrogen (secondary N) is 2. The van der Waals surface area contributed by atoms with Gasteiger partial charge in [-0.2, -0.15) is 5.26 Å². The van der Waals surface area contributed by atoms with Crippen molar-refractivity contribution >= 4 is 34.7 Å². The molecule has 0 aromatic heterocycles. The van der Waals surface area contributed by atoms with Gasteiger partial charge in [-0.3, -0.25) is 4.79 Å². The van der Waals surface area contributed by atoms with Crippen LogP contribution in [0.4, 0.5) is 17.1 Å². The number of piperazine rings is 1. The van der Waals surface area contributed by atoms with Gasteiger partial charge in [0.1, 0.15) is 11.6 Å². The molecule has 1 saturated heterocycles. The van der Waals surface area contributed by atoms with Crippen LogP contribution in [0.25, 0.3) is 0 Å². The first-order valence-electron chi connectivity index (χ1n) is 11.2. The highest BCUT2D eigenvalue weighted by Gasteiger charge is 2.15. The molecule has 1 heterocycles. The van der Waals surface area contributed by atoms with E-state index in [4.69, 9.17) is 0 Å². The molecule has 4 rings (SSSR count). The average molecular weight is 470 g/mol. The number of likely N-dealkylation sites (N-methyl/N-ethyl adjacent to an activating group) is 1. The zero-order chi connectivity index (χ0) is 23.8. The maximum Gasteiger partial charge on any atom is 0.267 e. The summed E-state index contributed by atoms with van der Waals surface area (Å²) in [6, 6.07) is 27.6. The zero-order valence-electron chi connectivity index (χ0n) is 19.1. The minimum absolute atomic E-state index is 0.00246. The molecule has 3 aromatic rings. The summed E-state index contributed by atoms with van der Waals surface area (Å²) in [7, 11) is 2.14. The van der Waals surface area contributed by atoms with Crippen molar-refractivity contribution < 1.29 is 4.79 Å². The Bertz CT molecular complexity index is 1180. The SMILES string of the molecule is CN1CCN(c2ccc(N/C=C(/C#N)C(=O)Nc3ccccc3Sc3ccccc3)cc2)CC1. The Labute approximate surface area is 204 Å². The normalized spacial score (nSPS) is 14.4. The lowest BCUT2D eigenvalue weighted by molar-refractivity contribution is -0.112. The van der Waals surface area contributed by atoms with E-state index >= 15 is 0 Å². The van der Waals surface area contributed by atoms with Crippen molar-refractivity contribution in [3.63, 3.8) is 0 Å². The number of para-hydroxylation sites is 1. The van der Waals surface area contributed by atoms with Crippen LogP contribution in [-0.2, 0) is 4.79 Å². The topological polar surface area (TPSA) is 71.4 Å². The van der Waals surface area contributed by atoms with Crippen LogP contribution in [-0.4, -0.2) is 44.0 Å². The minimum Gasteiger partial charge on any atom is -0.369 e. The Morgan fingerprint density at radius 1 is 0.941 bits per heavy atom. The van der Waals surface area contributed by atoms with E-state index in [0.29, 0.717) is 5.69 Å². The molecule has 7 heteroatoms. The largest absolute Gasteiger partial charge is 0.369 e. The number of amides is 1. The number of anilines is 3. The average Bonchev–Trinajstić information content (AvgIpc) is 2.87. The van der Waals surface area contributed by atoms with Crippen LogP contribution in [0, 0.1) is 11.3 Å². The predicted molar refractivity (Wildman–Crippen MR) is 139 cm³/mol. The quantitative estimate of drug-likeness (QED) is 0.373. The fourth-order valence-electron chi connectivity index (χ4n) is 3.60. The van der Waals surface area contributed by atoms with Crippen molar-refractivity contribution in [2.24, 2.45) is 0 Å². The molecular weight excluding hydrogens is 442 g/mol. The maximum atomic E-state index is 12.8. The number of rotatable bonds is 7. The molecule has 0 bridgehead atoms. The third-order valence-corrected chi connectivity index (χ3v) is 6.67. The van der Waals surface area contributed by atoms with Crippen LogP contribution in [0.3, 0.4) is 0 Å². The second-order valence-corrected chi connectivity index (χ2v) is 9.13. The number of hydrogen-bond acceptors (Lipinski definition) is 6. The lowest BCUT2D eigenvalue weighted by Crippen LogP contribution is -2.44. The zero-order valence-corrected chi connectivity index (χ0v) is 19.9. The first-order valence-corrected chi connectivity index (χ1v) is 12.0. The number of hydrogen-bond donors (Lipinski definition) is 2. The van der Waals surface area contributed by atoms with Crippen LogP contribution in [0.15, 0.2) is 100 Å². The predicted octanol–water partition coefficient (Wildman–Crippen LogP) is 5.05. The van der Waals surface area contributed by atoms with Gasteiger partial charge in [0.15, 0.2) is 0 Å². The molecule has 0 aliphatic carbocycles. The molecule has 1 fully saturated rings. The summed E-state index contributed by atoms with van der Waals surface area (Å²) in [5, 5.41) is 15.5. The Morgan fingerprint density at radius 2 is 1.62 bits per heavy atom. The fourth-order valence-corrected chi connectivity index (χ4v) is 4.52. The van der Waals surface area contributed by atoms with Crippen molar-refractivity contribution in [3.05, 3.63) is 90.6 Å². The number of nitrogens with zero attached hydrogens (tertiary/aromatic N) is 3. The number of nitriles is 1. The molecule has 0 unspecified atom stereocenters. The lowest BCUT2D eigenvalue weighted by Gasteiger charge is -2.34. The smallest absolute Gasteiger partial charge is 0.267 e. The van der Waals surface area contributed by atoms with Crippen LogP contribution in [0.5, 0.6) is 0 Å². The van der Waals surface area contributed by atoms with Crippen LogP contribution < -0.4 is 15.5 Å². The second kappa shape index (κ2) is 11.4. The van der Waals surface area contributed by atoms with Gasteiger partial charge in [0.25, 0.3) is 5.91 Å². The van der Waals surface area contributed by atoms with Gasteiger partial charge in [0.05, 0.1) is 5.69 Å². The Morgan fingerprint density at radius 3 is 2.32 bits per heavy atom. The molecule has 172 valence electrons. The third kappa shape index (κ3) is 6.19. The van der Waals surface area contributed by atoms with Crippen LogP contribution in [0.1, 0.15) is 0 Å². The van der Waals surface area contributed by atoms with Crippen molar-refractivity contribution in [3.8, 4) is 6.07 Å². The summed E-state index contributed by atoms with van der Waals surface area (Å²) in [5.74, 6) is -0.454. The summed E-state index contributed by atoms with van der Waals surface area (Å²) in [5.41, 5.74) is 2.66. The molecule has 34 heavy (non-hydrogen) atoms. The van der Waals surface area contributed by atoms with E-state index in [0.717, 1.165) is 41.7 Å². The van der Waals surface area contributed by atoms with Crippen molar-refractivity contribution in [2.75, 3.05) is 48.8 Å². The lowest BCUT2D eigenvalue weighted by atomic mass is 10.2. The molecule has 0 saturated carbocycles. The molecule has 6 nitrogen and oxygen atoms in total. The number of carbonyl (C=O) groups excluding carboxylic acids is 1. The van der Waals surface area contributed by atoms with Gasteiger partial charge in [-0.05, 0) is 55.6 Å². The van der Waals surface area contributed by atoms with Crippen LogP contribution >= 0.6 is 11.8 Å². The van der Waals surface area contributed by atoms with Gasteiger partial charge < -0.3 is 20.4 Å². The summed E-state index contributed by atoms with van der Waals surface area (Å²) >= 11 is 1.56. The maximum absolute atomic E-state index is 12.8. The number of benzene rings is 3. The molecule has 0 atom stereocenters. The van der Waals surface area contributed by atoms with E-state index < -0.39 is 5.91 Å². The number of carbonyl (C=O) groups is 1. The van der Waals surface area contributed by atoms with Gasteiger partial charge >= 0.3 is 0 Å². The monoisotopic (exact) mass is 469 g/mol. The van der Waals surface area contributed by atoms with Gasteiger partial charge in [-0.1, -0.05) is 42.1 Å². The highest BCUT2D eigenvalue weighted by atomic mass is 32.2. The van der Waals surface area contributed by atoms with Crippen LogP contribution in [0.2, 0.25) is 0 Å². The molecular formula is C27H27N5OS. The van der Waals surface area contributed by atoms with E-state index in [9.17, 15) is 10.1 Å². The first kappa shape index (κ1) is 23.4. The van der Waals surface area contributed by atoms with E-state index in [1.807, 2.05) is 72.8 Å². The minimum atomic E-state index is -0.454. The molecule has 1 aliphatic heterocycles. The highest BCUT2D eigenvalue weighted by molar-refractivity contribution is 7.99. The fraction of sp³-hybridized carbons (Fsp3) is 0.185. The van der Waals surface area contributed by atoms with Gasteiger partial charge in [-0.15, -0.1) is 0 Å². The van der Waals surface area contributed by atoms with E-state index in [1.54, 1.807) is 11.8 Å². The third-order valence-electron chi connectivity index (χ3n) is 5.59. The molecule has 2 N–H and O–H groups in total. The second-order valence-electron chi connectivity index (χ2n) is 8.02. The molecule has 1 aliphatic rings. The highest BCUT2D eigenvalue weighted by Crippen LogP contribution is 2.33. The van der Waals surface area contributed by atoms with E-state index in [2.05, 4.69) is 39.6 Å². The summed E-state index contributed by atoms with van der Waals surface area (Å²) in [6.45, 7) is 4.12. The molecule has 0 spiro atoms. The van der Waals surface area contributed by atoms with Crippen molar-refractivity contribution in [1.29, 1.82) is 5.26 Å². The summed E-state index contributed by atoms with van der Waals surface area (Å²) in [4.78, 5) is 19.5. The van der Waals surface area contributed by atoms with Crippen molar-refractivity contribution in [1.82, 2.24) is 4.90 Å². The van der Waals surface area contributed by atoms with Gasteiger partial charge in [0.2, 0.25) is 0 Å². The summed E-state index contributed by atoms with van der Waals surface area (Å²) in [6.07, 6.45) is 1.45. The van der Waals surface area contributed by atoms with Gasteiger partial charge in [-0.25, -0.2) is 0 Å². The van der Waals surface area contributed by atoms with Crippen molar-refractivity contribution in [2.45, 2.75) is 9.79 Å². The Kier molecular flexibility index (Phi) is 7.87. The molecule has 0 radical (unpaired) electrons. The molecule has 1 amide bonds. The standard InChI is InChI=1S/C27H27N5OS/c1-31-15-17-32(18-16-31)23-13-11-22(12-14-23)29-20-21(19-28)27(33)30-25-9-5-6-10-26(25)34-24-7-3-2-4-8-24/h2-14,20,29H,15-18H2,1H3,(H,30,33)/b21-20-. The van der Waals surface area contributed by atoms with Gasteiger partial charge in [0, 0.05) is 53.5 Å². The van der Waals surface area contributed by atoms with E-state index in [-0.39, 0.29) is 5.57 Å². The Hall–Kier alpha value is -3.73. The summed E-state index contributed by atoms with van der Waals surface area (Å²) < 4.78 is 0. The molecule has 3 aromatic carbocycles.